The monoisotopic (exact) mass is 285 g/mol. The van der Waals surface area contributed by atoms with Gasteiger partial charge in [0.05, 0.1) is 15.8 Å². The summed E-state index contributed by atoms with van der Waals surface area (Å²) in [7, 11) is 0. The van der Waals surface area contributed by atoms with Crippen LogP contribution < -0.4 is 5.32 Å². The second-order valence-electron chi connectivity index (χ2n) is 6.16. The van der Waals surface area contributed by atoms with Crippen molar-refractivity contribution in [1.29, 1.82) is 0 Å². The van der Waals surface area contributed by atoms with Crippen molar-refractivity contribution in [2.24, 2.45) is 5.41 Å². The van der Waals surface area contributed by atoms with E-state index in [9.17, 15) is 10.1 Å². The molecule has 5 nitrogen and oxygen atoms in total. The Morgan fingerprint density at radius 1 is 1.33 bits per heavy atom. The number of benzene rings is 1. The summed E-state index contributed by atoms with van der Waals surface area (Å²) in [5.41, 5.74) is 1.62. The molecule has 1 aliphatic carbocycles. The molecule has 1 saturated carbocycles. The van der Waals surface area contributed by atoms with E-state index in [-0.39, 0.29) is 16.0 Å². The SMILES string of the molecule is CC1(CNc2ccc3ncccc3c2[N+](=O)[O-])CCCC1. The van der Waals surface area contributed by atoms with Crippen molar-refractivity contribution < 1.29 is 4.92 Å². The molecular weight excluding hydrogens is 266 g/mol. The van der Waals surface area contributed by atoms with E-state index < -0.39 is 0 Å². The van der Waals surface area contributed by atoms with Crippen molar-refractivity contribution in [3.05, 3.63) is 40.6 Å². The quantitative estimate of drug-likeness (QED) is 0.677. The smallest absolute Gasteiger partial charge is 0.301 e. The lowest BCUT2D eigenvalue weighted by molar-refractivity contribution is -0.382. The maximum atomic E-state index is 11.4. The molecule has 0 unspecified atom stereocenters. The minimum atomic E-state index is -0.316. The number of aromatic nitrogens is 1. The number of rotatable bonds is 4. The molecule has 110 valence electrons. The zero-order valence-electron chi connectivity index (χ0n) is 12.1. The van der Waals surface area contributed by atoms with Gasteiger partial charge in [-0.05, 0) is 42.5 Å². The number of nitrogens with one attached hydrogen (secondary N) is 1. The van der Waals surface area contributed by atoms with E-state index in [0.29, 0.717) is 16.6 Å². The van der Waals surface area contributed by atoms with Crippen molar-refractivity contribution >= 4 is 22.3 Å². The molecule has 0 radical (unpaired) electrons. The molecule has 1 aromatic heterocycles. The standard InChI is InChI=1S/C16H19N3O2/c1-16(8-2-3-9-16)11-18-14-7-6-13-12(5-4-10-17-13)15(14)19(20)21/h4-7,10,18H,2-3,8-9,11H2,1H3. The lowest BCUT2D eigenvalue weighted by Crippen LogP contribution is -2.23. The van der Waals surface area contributed by atoms with Crippen LogP contribution >= 0.6 is 0 Å². The first-order chi connectivity index (χ1) is 10.1. The van der Waals surface area contributed by atoms with E-state index in [4.69, 9.17) is 0 Å². The Labute approximate surface area is 123 Å². The maximum Gasteiger partial charge on any atom is 0.301 e. The predicted octanol–water partition coefficient (Wildman–Crippen LogP) is 4.14. The van der Waals surface area contributed by atoms with Gasteiger partial charge in [0.2, 0.25) is 0 Å². The van der Waals surface area contributed by atoms with Crippen LogP contribution in [0.2, 0.25) is 0 Å². The molecule has 0 amide bonds. The minimum absolute atomic E-state index is 0.127. The van der Waals surface area contributed by atoms with E-state index in [0.717, 1.165) is 6.54 Å². The van der Waals surface area contributed by atoms with E-state index in [2.05, 4.69) is 17.2 Å². The van der Waals surface area contributed by atoms with E-state index in [1.807, 2.05) is 6.07 Å². The van der Waals surface area contributed by atoms with Crippen molar-refractivity contribution in [1.82, 2.24) is 4.98 Å². The molecule has 0 bridgehead atoms. The third-order valence-corrected chi connectivity index (χ3v) is 4.46. The van der Waals surface area contributed by atoms with Crippen molar-refractivity contribution in [2.45, 2.75) is 32.6 Å². The Kier molecular flexibility index (Phi) is 3.49. The molecule has 0 atom stereocenters. The van der Waals surface area contributed by atoms with E-state index >= 15 is 0 Å². The summed E-state index contributed by atoms with van der Waals surface area (Å²) in [6.45, 7) is 3.03. The van der Waals surface area contributed by atoms with Crippen molar-refractivity contribution in [3.63, 3.8) is 0 Å². The van der Waals surface area contributed by atoms with E-state index in [1.165, 1.54) is 25.7 Å². The molecule has 1 aliphatic rings. The minimum Gasteiger partial charge on any atom is -0.379 e. The van der Waals surface area contributed by atoms with Gasteiger partial charge in [-0.25, -0.2) is 0 Å². The summed E-state index contributed by atoms with van der Waals surface area (Å²) in [5.74, 6) is 0. The van der Waals surface area contributed by atoms with Crippen LogP contribution in [0.4, 0.5) is 11.4 Å². The fraction of sp³-hybridized carbons (Fsp3) is 0.438. The van der Waals surface area contributed by atoms with Gasteiger partial charge < -0.3 is 5.32 Å². The number of hydrogen-bond acceptors (Lipinski definition) is 4. The molecule has 0 saturated heterocycles. The summed E-state index contributed by atoms with van der Waals surface area (Å²) >= 11 is 0. The normalized spacial score (nSPS) is 17.0. The third kappa shape index (κ3) is 2.68. The fourth-order valence-electron chi connectivity index (χ4n) is 3.19. The Balaban J connectivity index is 1.94. The van der Waals surface area contributed by atoms with Gasteiger partial charge in [-0.15, -0.1) is 0 Å². The molecule has 5 heteroatoms. The first-order valence-electron chi connectivity index (χ1n) is 7.35. The molecule has 3 rings (SSSR count). The second-order valence-corrected chi connectivity index (χ2v) is 6.16. The zero-order chi connectivity index (χ0) is 14.9. The number of pyridine rings is 1. The summed E-state index contributed by atoms with van der Waals surface area (Å²) < 4.78 is 0. The fourth-order valence-corrected chi connectivity index (χ4v) is 3.19. The van der Waals surface area contributed by atoms with Crippen molar-refractivity contribution in [3.8, 4) is 0 Å². The molecule has 1 aromatic carbocycles. The van der Waals surface area contributed by atoms with E-state index in [1.54, 1.807) is 24.4 Å². The van der Waals surface area contributed by atoms with Gasteiger partial charge in [-0.3, -0.25) is 15.1 Å². The Morgan fingerprint density at radius 2 is 2.10 bits per heavy atom. The zero-order valence-corrected chi connectivity index (χ0v) is 12.1. The third-order valence-electron chi connectivity index (χ3n) is 4.46. The lowest BCUT2D eigenvalue weighted by Gasteiger charge is -2.24. The van der Waals surface area contributed by atoms with Gasteiger partial charge in [-0.2, -0.15) is 0 Å². The van der Waals surface area contributed by atoms with Crippen LogP contribution in [-0.2, 0) is 0 Å². The van der Waals surface area contributed by atoms with Crippen LogP contribution in [0.5, 0.6) is 0 Å². The highest BCUT2D eigenvalue weighted by atomic mass is 16.6. The Morgan fingerprint density at radius 3 is 2.81 bits per heavy atom. The highest BCUT2D eigenvalue weighted by Crippen LogP contribution is 2.39. The first-order valence-corrected chi connectivity index (χ1v) is 7.35. The van der Waals surface area contributed by atoms with Gasteiger partial charge in [-0.1, -0.05) is 19.8 Å². The largest absolute Gasteiger partial charge is 0.379 e. The highest BCUT2D eigenvalue weighted by molar-refractivity contribution is 5.94. The van der Waals surface area contributed by atoms with Gasteiger partial charge in [0, 0.05) is 12.7 Å². The highest BCUT2D eigenvalue weighted by Gasteiger charge is 2.29. The topological polar surface area (TPSA) is 68.1 Å². The molecule has 0 spiro atoms. The first kappa shape index (κ1) is 13.8. The number of anilines is 1. The number of fused-ring (bicyclic) bond motifs is 1. The number of nitrogens with zero attached hydrogens (tertiary/aromatic N) is 2. The van der Waals surface area contributed by atoms with Crippen molar-refractivity contribution in [2.75, 3.05) is 11.9 Å². The molecular formula is C16H19N3O2. The number of nitro groups is 1. The lowest BCUT2D eigenvalue weighted by atomic mass is 9.89. The molecule has 1 fully saturated rings. The summed E-state index contributed by atoms with van der Waals surface area (Å²) in [4.78, 5) is 15.3. The number of hydrogen-bond donors (Lipinski definition) is 1. The van der Waals surface area contributed by atoms with Gasteiger partial charge in [0.25, 0.3) is 0 Å². The molecule has 21 heavy (non-hydrogen) atoms. The maximum absolute atomic E-state index is 11.4. The average molecular weight is 285 g/mol. The van der Waals surface area contributed by atoms with Gasteiger partial charge >= 0.3 is 5.69 Å². The Hall–Kier alpha value is -2.17. The summed E-state index contributed by atoms with van der Waals surface area (Å²) in [6.07, 6.45) is 6.52. The van der Waals surface area contributed by atoms with Crippen LogP contribution in [0.1, 0.15) is 32.6 Å². The average Bonchev–Trinajstić information content (AvgIpc) is 2.91. The second kappa shape index (κ2) is 5.31. The van der Waals surface area contributed by atoms with Crippen LogP contribution in [0.3, 0.4) is 0 Å². The van der Waals surface area contributed by atoms with Gasteiger partial charge in [0.1, 0.15) is 5.69 Å². The van der Waals surface area contributed by atoms with Crippen LogP contribution in [0, 0.1) is 15.5 Å². The molecule has 0 aliphatic heterocycles. The van der Waals surface area contributed by atoms with Crippen LogP contribution in [0.15, 0.2) is 30.5 Å². The van der Waals surface area contributed by atoms with Crippen LogP contribution in [0.25, 0.3) is 10.9 Å². The molecule has 1 N–H and O–H groups in total. The Bertz CT molecular complexity index is 678. The predicted molar refractivity (Wildman–Crippen MR) is 83.5 cm³/mol. The van der Waals surface area contributed by atoms with Crippen LogP contribution in [-0.4, -0.2) is 16.5 Å². The summed E-state index contributed by atoms with van der Waals surface area (Å²) in [5, 5.41) is 15.3. The summed E-state index contributed by atoms with van der Waals surface area (Å²) in [6, 6.07) is 7.09. The van der Waals surface area contributed by atoms with Gasteiger partial charge in [0.15, 0.2) is 0 Å². The molecule has 2 aromatic rings. The molecule has 1 heterocycles. The number of nitro benzene ring substituents is 1.